The lowest BCUT2D eigenvalue weighted by molar-refractivity contribution is 0.0239. The topological polar surface area (TPSA) is 69.7 Å². The highest BCUT2D eigenvalue weighted by atomic mass is 32.2. The number of hydrogen-bond donors (Lipinski definition) is 0. The molecule has 1 unspecified atom stereocenters. The molecule has 5 nitrogen and oxygen atoms in total. The van der Waals surface area contributed by atoms with Crippen molar-refractivity contribution in [2.24, 2.45) is 11.3 Å². The number of allylic oxidation sites excluding steroid dienone is 1. The molecule has 0 radical (unpaired) electrons. The third-order valence-electron chi connectivity index (χ3n) is 3.27. The Hall–Kier alpha value is -1.26. The molecule has 0 spiro atoms. The quantitative estimate of drug-likeness (QED) is 0.580. The van der Waals surface area contributed by atoms with Gasteiger partial charge in [0.15, 0.2) is 9.84 Å². The molecule has 0 amide bonds. The maximum absolute atomic E-state index is 11.0. The second kappa shape index (κ2) is 5.16. The van der Waals surface area contributed by atoms with E-state index < -0.39 is 16.0 Å². The Balaban J connectivity index is 2.68. The van der Waals surface area contributed by atoms with Gasteiger partial charge in [-0.2, -0.15) is 0 Å². The first-order chi connectivity index (χ1) is 8.16. The minimum atomic E-state index is -3.16. The van der Waals surface area contributed by atoms with Gasteiger partial charge in [0.2, 0.25) is 0 Å². The summed E-state index contributed by atoms with van der Waals surface area (Å²) < 4.78 is 31.3. The summed E-state index contributed by atoms with van der Waals surface area (Å²) in [6.45, 7) is 4.21. The Bertz CT molecular complexity index is 495. The minimum Gasteiger partial charge on any atom is -0.438 e. The van der Waals surface area contributed by atoms with Crippen molar-refractivity contribution >= 4 is 16.0 Å². The average molecular weight is 274 g/mol. The molecule has 0 aromatic carbocycles. The summed E-state index contributed by atoms with van der Waals surface area (Å²) in [5.74, 6) is 0.159. The highest BCUT2D eigenvalue weighted by Gasteiger charge is 2.44. The second-order valence-corrected chi connectivity index (χ2v) is 6.85. The molecule has 1 fully saturated rings. The number of sulfone groups is 1. The zero-order valence-electron chi connectivity index (χ0n) is 11.0. The van der Waals surface area contributed by atoms with Crippen molar-refractivity contribution in [2.75, 3.05) is 20.0 Å². The lowest BCUT2D eigenvalue weighted by Crippen LogP contribution is -2.40. The number of hydrogen-bond acceptors (Lipinski definition) is 5. The zero-order valence-corrected chi connectivity index (χ0v) is 11.8. The normalized spacial score (nSPS) is 21.6. The van der Waals surface area contributed by atoms with Crippen molar-refractivity contribution in [3.05, 3.63) is 16.7 Å². The average Bonchev–Trinajstić information content (AvgIpc) is 2.24. The Morgan fingerprint density at radius 3 is 2.61 bits per heavy atom. The van der Waals surface area contributed by atoms with Crippen LogP contribution in [0, 0.1) is 11.3 Å². The molecule has 0 aliphatic heterocycles. The van der Waals surface area contributed by atoms with E-state index in [2.05, 4.69) is 10.5 Å². The summed E-state index contributed by atoms with van der Waals surface area (Å²) in [6.07, 6.45) is 1.11. The van der Waals surface area contributed by atoms with Gasteiger partial charge >= 0.3 is 6.16 Å². The molecular weight excluding hydrogens is 256 g/mol. The second-order valence-electron chi connectivity index (χ2n) is 4.96. The Morgan fingerprint density at radius 1 is 1.56 bits per heavy atom. The van der Waals surface area contributed by atoms with Gasteiger partial charge in [0, 0.05) is 12.2 Å². The number of rotatable bonds is 3. The summed E-state index contributed by atoms with van der Waals surface area (Å²) in [6, 6.07) is 0. The molecular formula is C12H18O5S. The van der Waals surface area contributed by atoms with Gasteiger partial charge in [0.1, 0.15) is 0 Å². The van der Waals surface area contributed by atoms with Gasteiger partial charge in [0.25, 0.3) is 0 Å². The zero-order chi connectivity index (χ0) is 14.0. The summed E-state index contributed by atoms with van der Waals surface area (Å²) in [5.41, 5.74) is 3.52. The third-order valence-corrected chi connectivity index (χ3v) is 3.81. The van der Waals surface area contributed by atoms with E-state index in [0.29, 0.717) is 6.42 Å². The standard InChI is InChI=1S/C12H18O5S/c1-12(2)9(5-6-18(4,14)15)7-10(12)8-17-11(13)16-3/h6,10H,7-8H2,1-4H3. The molecule has 18 heavy (non-hydrogen) atoms. The van der Waals surface area contributed by atoms with Crippen LogP contribution < -0.4 is 0 Å². The smallest absolute Gasteiger partial charge is 0.438 e. The molecule has 1 aliphatic rings. The van der Waals surface area contributed by atoms with Crippen LogP contribution in [0.5, 0.6) is 0 Å². The van der Waals surface area contributed by atoms with Crippen molar-refractivity contribution in [1.82, 2.24) is 0 Å². The summed E-state index contributed by atoms with van der Waals surface area (Å²) >= 11 is 0. The summed E-state index contributed by atoms with van der Waals surface area (Å²) in [4.78, 5) is 10.9. The molecule has 6 heteroatoms. The first-order valence-corrected chi connectivity index (χ1v) is 7.49. The van der Waals surface area contributed by atoms with Crippen LogP contribution >= 0.6 is 0 Å². The summed E-state index contributed by atoms with van der Waals surface area (Å²) in [5, 5.41) is 1.08. The van der Waals surface area contributed by atoms with E-state index in [9.17, 15) is 13.2 Å². The Labute approximate surface area is 107 Å². The molecule has 0 aromatic rings. The number of methoxy groups -OCH3 is 1. The van der Waals surface area contributed by atoms with Crippen LogP contribution in [0.15, 0.2) is 16.7 Å². The number of ether oxygens (including phenoxy) is 2. The first-order valence-electron chi connectivity index (χ1n) is 5.53. The van der Waals surface area contributed by atoms with Gasteiger partial charge < -0.3 is 9.47 Å². The fourth-order valence-corrected chi connectivity index (χ4v) is 2.15. The van der Waals surface area contributed by atoms with E-state index in [1.54, 1.807) is 0 Å². The van der Waals surface area contributed by atoms with Crippen LogP contribution in [0.2, 0.25) is 0 Å². The highest BCUT2D eigenvalue weighted by molar-refractivity contribution is 7.93. The Kier molecular flexibility index (Phi) is 4.24. The molecule has 0 aromatic heterocycles. The van der Waals surface area contributed by atoms with E-state index in [0.717, 1.165) is 17.2 Å². The molecule has 1 aliphatic carbocycles. The van der Waals surface area contributed by atoms with E-state index in [1.165, 1.54) is 7.11 Å². The lowest BCUT2D eigenvalue weighted by Gasteiger charge is -2.45. The van der Waals surface area contributed by atoms with Crippen LogP contribution in [-0.2, 0) is 19.3 Å². The van der Waals surface area contributed by atoms with Crippen LogP contribution in [0.3, 0.4) is 0 Å². The van der Waals surface area contributed by atoms with Crippen molar-refractivity contribution in [2.45, 2.75) is 20.3 Å². The number of carbonyl (C=O) groups is 1. The van der Waals surface area contributed by atoms with Crippen LogP contribution in [0.25, 0.3) is 0 Å². The van der Waals surface area contributed by atoms with Crippen LogP contribution in [0.1, 0.15) is 20.3 Å². The van der Waals surface area contributed by atoms with Crippen molar-refractivity contribution in [3.63, 3.8) is 0 Å². The molecule has 0 N–H and O–H groups in total. The van der Waals surface area contributed by atoms with E-state index >= 15 is 0 Å². The maximum atomic E-state index is 11.0. The fraction of sp³-hybridized carbons (Fsp3) is 0.667. The maximum Gasteiger partial charge on any atom is 0.507 e. The molecule has 102 valence electrons. The molecule has 1 saturated carbocycles. The largest absolute Gasteiger partial charge is 0.507 e. The third kappa shape index (κ3) is 3.62. The van der Waals surface area contributed by atoms with Gasteiger partial charge in [-0.15, -0.1) is 5.73 Å². The number of carbonyl (C=O) groups excluding carboxylic acids is 1. The van der Waals surface area contributed by atoms with E-state index in [4.69, 9.17) is 4.74 Å². The van der Waals surface area contributed by atoms with Crippen LogP contribution in [-0.4, -0.2) is 34.5 Å². The molecule has 0 heterocycles. The van der Waals surface area contributed by atoms with Gasteiger partial charge in [-0.05, 0) is 17.4 Å². The van der Waals surface area contributed by atoms with E-state index in [-0.39, 0.29) is 17.9 Å². The van der Waals surface area contributed by atoms with Gasteiger partial charge in [-0.3, -0.25) is 0 Å². The SMILES string of the molecule is COC(=O)OCC1CC(=C=CS(C)(=O)=O)C1(C)C. The highest BCUT2D eigenvalue weighted by Crippen LogP contribution is 2.50. The van der Waals surface area contributed by atoms with Crippen molar-refractivity contribution < 1.29 is 22.7 Å². The van der Waals surface area contributed by atoms with Crippen molar-refractivity contribution in [1.29, 1.82) is 0 Å². The first kappa shape index (κ1) is 14.8. The van der Waals surface area contributed by atoms with Crippen molar-refractivity contribution in [3.8, 4) is 0 Å². The van der Waals surface area contributed by atoms with Gasteiger partial charge in [-0.1, -0.05) is 13.8 Å². The molecule has 1 rings (SSSR count). The monoisotopic (exact) mass is 274 g/mol. The van der Waals surface area contributed by atoms with Gasteiger partial charge in [-0.25, -0.2) is 13.2 Å². The van der Waals surface area contributed by atoms with Crippen LogP contribution in [0.4, 0.5) is 4.79 Å². The fourth-order valence-electron chi connectivity index (χ4n) is 1.80. The molecule has 0 saturated heterocycles. The molecule has 1 atom stereocenters. The lowest BCUT2D eigenvalue weighted by atomic mass is 9.59. The molecule has 0 bridgehead atoms. The summed E-state index contributed by atoms with van der Waals surface area (Å²) in [7, 11) is -1.90. The predicted octanol–water partition coefficient (Wildman–Crippen LogP) is 1.90. The minimum absolute atomic E-state index is 0.159. The Morgan fingerprint density at radius 2 is 2.17 bits per heavy atom. The predicted molar refractivity (Wildman–Crippen MR) is 66.7 cm³/mol. The van der Waals surface area contributed by atoms with E-state index in [1.807, 2.05) is 13.8 Å². The van der Waals surface area contributed by atoms with Gasteiger partial charge in [0.05, 0.1) is 19.1 Å².